The maximum atomic E-state index is 13.5. The summed E-state index contributed by atoms with van der Waals surface area (Å²) in [4.78, 5) is 30.7. The molecule has 1 amide bonds. The van der Waals surface area contributed by atoms with E-state index < -0.39 is 6.16 Å². The Morgan fingerprint density at radius 3 is 2.51 bits per heavy atom. The molecule has 1 aliphatic carbocycles. The summed E-state index contributed by atoms with van der Waals surface area (Å²) in [5.41, 5.74) is 3.29. The predicted octanol–water partition coefficient (Wildman–Crippen LogP) is 5.53. The molecular formula is C25H30N4O5S. The normalized spacial score (nSPS) is 17.8. The minimum atomic E-state index is -1.46. The number of benzene rings is 1. The Morgan fingerprint density at radius 1 is 1.20 bits per heavy atom. The van der Waals surface area contributed by atoms with Crippen LogP contribution in [-0.2, 0) is 11.4 Å². The molecule has 35 heavy (non-hydrogen) atoms. The lowest BCUT2D eigenvalue weighted by Gasteiger charge is -2.32. The first-order valence-corrected chi connectivity index (χ1v) is 12.7. The Labute approximate surface area is 208 Å². The van der Waals surface area contributed by atoms with Crippen LogP contribution >= 0.6 is 11.3 Å². The average molecular weight is 499 g/mol. The third kappa shape index (κ3) is 6.00. The Hall–Kier alpha value is -3.40. The van der Waals surface area contributed by atoms with Crippen molar-refractivity contribution in [3.05, 3.63) is 47.0 Å². The fraction of sp³-hybridized carbons (Fsp3) is 0.440. The van der Waals surface area contributed by atoms with Crippen LogP contribution in [0, 0.1) is 11.8 Å². The van der Waals surface area contributed by atoms with Crippen LogP contribution in [0.3, 0.4) is 0 Å². The van der Waals surface area contributed by atoms with Gasteiger partial charge >= 0.3 is 6.16 Å². The van der Waals surface area contributed by atoms with Gasteiger partial charge in [0.15, 0.2) is 5.75 Å². The van der Waals surface area contributed by atoms with E-state index in [1.54, 1.807) is 22.5 Å². The second-order valence-corrected chi connectivity index (χ2v) is 9.87. The minimum absolute atomic E-state index is 0.0209. The molecule has 4 rings (SSSR count). The number of carbonyl (C=O) groups is 2. The highest BCUT2D eigenvalue weighted by Crippen LogP contribution is 2.35. The third-order valence-corrected chi connectivity index (χ3v) is 6.81. The lowest BCUT2D eigenvalue weighted by atomic mass is 9.82. The number of anilines is 1. The lowest BCUT2D eigenvalue weighted by Crippen LogP contribution is -2.42. The van der Waals surface area contributed by atoms with E-state index in [4.69, 9.17) is 9.47 Å². The number of hydrogen-bond donors (Lipinski definition) is 1. The molecule has 0 atom stereocenters. The summed E-state index contributed by atoms with van der Waals surface area (Å²) in [5.74, 6) is 1.36. The van der Waals surface area contributed by atoms with Gasteiger partial charge in [-0.05, 0) is 69.7 Å². The summed E-state index contributed by atoms with van der Waals surface area (Å²) in [7, 11) is 0. The van der Waals surface area contributed by atoms with Gasteiger partial charge in [-0.25, -0.2) is 14.5 Å². The van der Waals surface area contributed by atoms with Gasteiger partial charge in [-0.3, -0.25) is 9.69 Å². The Bertz CT molecular complexity index is 1140. The van der Waals surface area contributed by atoms with E-state index in [0.717, 1.165) is 31.4 Å². The minimum Gasteiger partial charge on any atom is -0.487 e. The second-order valence-electron chi connectivity index (χ2n) is 9.15. The highest BCUT2D eigenvalue weighted by atomic mass is 32.1. The highest BCUT2D eigenvalue weighted by Gasteiger charge is 2.34. The standard InChI is InChI=1S/C25H30N4O5S/c1-16(2)29(24(30)18-6-4-17(3)5-7-18)23-22(34-25(31)32)12-28(27-23)20-8-10-21(11-9-20)33-13-19-14-35-15-26-19/h8-12,14-18H,4-7,13H2,1-3H3,(H,31,32). The molecule has 10 heteroatoms. The molecule has 1 aromatic carbocycles. The molecule has 0 bridgehead atoms. The summed E-state index contributed by atoms with van der Waals surface area (Å²) in [6, 6.07) is 7.00. The zero-order valence-electron chi connectivity index (χ0n) is 20.1. The summed E-state index contributed by atoms with van der Waals surface area (Å²) in [6.07, 6.45) is 3.68. The Kier molecular flexibility index (Phi) is 7.70. The highest BCUT2D eigenvalue weighted by molar-refractivity contribution is 7.07. The molecule has 0 aliphatic heterocycles. The van der Waals surface area contributed by atoms with E-state index in [1.165, 1.54) is 22.2 Å². The topological polar surface area (TPSA) is 107 Å². The van der Waals surface area contributed by atoms with E-state index in [2.05, 4.69) is 17.0 Å². The Morgan fingerprint density at radius 2 is 1.91 bits per heavy atom. The molecule has 1 N–H and O–H groups in total. The number of aromatic nitrogens is 3. The van der Waals surface area contributed by atoms with Crippen molar-refractivity contribution in [1.82, 2.24) is 14.8 Å². The molecule has 1 saturated carbocycles. The van der Waals surface area contributed by atoms with Crippen LogP contribution in [0.5, 0.6) is 11.5 Å². The maximum absolute atomic E-state index is 13.5. The molecule has 9 nitrogen and oxygen atoms in total. The molecule has 0 radical (unpaired) electrons. The molecule has 0 saturated heterocycles. The number of hydrogen-bond acceptors (Lipinski definition) is 7. The summed E-state index contributed by atoms with van der Waals surface area (Å²) >= 11 is 1.51. The SMILES string of the molecule is CC1CCC(C(=O)N(c2nn(-c3ccc(OCc4cscn4)cc3)cc2OC(=O)O)C(C)C)CC1. The van der Waals surface area contributed by atoms with Crippen LogP contribution in [0.25, 0.3) is 5.69 Å². The van der Waals surface area contributed by atoms with E-state index >= 15 is 0 Å². The van der Waals surface area contributed by atoms with Gasteiger partial charge in [-0.15, -0.1) is 16.4 Å². The van der Waals surface area contributed by atoms with E-state index in [9.17, 15) is 14.7 Å². The van der Waals surface area contributed by atoms with Crippen molar-refractivity contribution in [2.75, 3.05) is 4.90 Å². The number of carbonyl (C=O) groups excluding carboxylic acids is 1. The monoisotopic (exact) mass is 498 g/mol. The first kappa shape index (κ1) is 24.7. The van der Waals surface area contributed by atoms with Crippen LogP contribution in [0.1, 0.15) is 52.1 Å². The predicted molar refractivity (Wildman–Crippen MR) is 132 cm³/mol. The molecule has 1 aliphatic rings. The van der Waals surface area contributed by atoms with Crippen molar-refractivity contribution in [1.29, 1.82) is 0 Å². The number of amides is 1. The van der Waals surface area contributed by atoms with Crippen molar-refractivity contribution in [3.63, 3.8) is 0 Å². The van der Waals surface area contributed by atoms with E-state index in [0.29, 0.717) is 24.0 Å². The first-order chi connectivity index (χ1) is 16.8. The fourth-order valence-electron chi connectivity index (χ4n) is 4.28. The third-order valence-electron chi connectivity index (χ3n) is 6.18. The molecule has 0 unspecified atom stereocenters. The average Bonchev–Trinajstić information content (AvgIpc) is 3.49. The van der Waals surface area contributed by atoms with Crippen LogP contribution in [0.2, 0.25) is 0 Å². The van der Waals surface area contributed by atoms with Gasteiger partial charge in [0.25, 0.3) is 0 Å². The van der Waals surface area contributed by atoms with Crippen molar-refractivity contribution in [2.24, 2.45) is 11.8 Å². The smallest absolute Gasteiger partial charge is 0.487 e. The molecule has 0 spiro atoms. The molecular weight excluding hydrogens is 468 g/mol. The summed E-state index contributed by atoms with van der Waals surface area (Å²) in [5, 5.41) is 15.8. The number of thiazole rings is 1. The van der Waals surface area contributed by atoms with Gasteiger partial charge in [0.1, 0.15) is 12.4 Å². The molecule has 2 heterocycles. The van der Waals surface area contributed by atoms with E-state index in [1.807, 2.05) is 31.4 Å². The number of ether oxygens (including phenoxy) is 2. The molecule has 1 fully saturated rings. The van der Waals surface area contributed by atoms with Gasteiger partial charge in [0, 0.05) is 17.3 Å². The molecule has 2 aromatic heterocycles. The van der Waals surface area contributed by atoms with Crippen molar-refractivity contribution in [2.45, 2.75) is 59.1 Å². The molecule has 186 valence electrons. The lowest BCUT2D eigenvalue weighted by molar-refractivity contribution is -0.124. The zero-order valence-corrected chi connectivity index (χ0v) is 20.9. The summed E-state index contributed by atoms with van der Waals surface area (Å²) < 4.78 is 12.3. The van der Waals surface area contributed by atoms with Gasteiger partial charge in [0.05, 0.1) is 23.1 Å². The van der Waals surface area contributed by atoms with Gasteiger partial charge in [-0.2, -0.15) is 0 Å². The fourth-order valence-corrected chi connectivity index (χ4v) is 4.83. The van der Waals surface area contributed by atoms with Gasteiger partial charge in [-0.1, -0.05) is 6.92 Å². The Balaban J connectivity index is 1.58. The number of rotatable bonds is 8. The number of nitrogens with zero attached hydrogens (tertiary/aromatic N) is 4. The maximum Gasteiger partial charge on any atom is 0.511 e. The van der Waals surface area contributed by atoms with Crippen molar-refractivity contribution < 1.29 is 24.2 Å². The van der Waals surface area contributed by atoms with Crippen molar-refractivity contribution >= 4 is 29.2 Å². The van der Waals surface area contributed by atoms with Crippen LogP contribution in [-0.4, -0.2) is 38.0 Å². The van der Waals surface area contributed by atoms with E-state index in [-0.39, 0.29) is 29.4 Å². The summed E-state index contributed by atoms with van der Waals surface area (Å²) in [6.45, 7) is 6.36. The van der Waals surface area contributed by atoms with Crippen LogP contribution in [0.4, 0.5) is 10.6 Å². The van der Waals surface area contributed by atoms with Crippen LogP contribution < -0.4 is 14.4 Å². The second kappa shape index (κ2) is 10.9. The molecule has 3 aromatic rings. The number of carboxylic acid groups (broad SMARTS) is 1. The largest absolute Gasteiger partial charge is 0.511 e. The quantitative estimate of drug-likeness (QED) is 0.407. The van der Waals surface area contributed by atoms with Gasteiger partial charge in [0.2, 0.25) is 11.7 Å². The first-order valence-electron chi connectivity index (χ1n) is 11.8. The van der Waals surface area contributed by atoms with Gasteiger partial charge < -0.3 is 14.6 Å². The van der Waals surface area contributed by atoms with Crippen LogP contribution in [0.15, 0.2) is 41.4 Å². The van der Waals surface area contributed by atoms with Crippen molar-refractivity contribution in [3.8, 4) is 17.2 Å². The zero-order chi connectivity index (χ0) is 24.9.